The van der Waals surface area contributed by atoms with Crippen molar-refractivity contribution in [2.75, 3.05) is 124 Å². The first-order chi connectivity index (χ1) is 70.3. The molecule has 26 nitrogen and oxygen atoms in total. The SMILES string of the molecule is C1CCC(N=C(NC2CCCCC2)N2CCOCC2)CC1.C1CCC(N=C(NC2CCCCC2)NC2CCCCC2)CC1.CC(C)NC(=NC1CCCCC1)NC(C)C.CCN(CC)C(NC(C)C)NC(C)C.CN(C)C(=Nc1cccc2cccc(N=C(N(C)C)N(C)C)c12)N(C)C.COc1ccc(N=C(Nc2ccccc2)Nc2ccccc2)cc1.c1ccc(N=C(Nc2ccccc2)Nc2ccccc2)cc1. The molecule has 8 aromatic rings. The lowest BCUT2D eigenvalue weighted by Crippen LogP contribution is -2.58. The molecule has 7 aliphatic rings. The van der Waals surface area contributed by atoms with Gasteiger partial charge in [-0.3, -0.25) is 15.5 Å². The Hall–Kier alpha value is -11.5. The second kappa shape index (κ2) is 67.3. The van der Waals surface area contributed by atoms with Crippen LogP contribution in [0.5, 0.6) is 5.75 Å². The fourth-order valence-electron chi connectivity index (χ4n) is 18.9. The van der Waals surface area contributed by atoms with Crippen LogP contribution in [0, 0.1) is 0 Å². The average molecular weight is 1980 g/mol. The van der Waals surface area contributed by atoms with Crippen LogP contribution in [0.3, 0.4) is 0 Å². The Balaban J connectivity index is 0.000000190. The summed E-state index contributed by atoms with van der Waals surface area (Å²) in [6.45, 7) is 27.5. The highest BCUT2D eigenvalue weighted by molar-refractivity contribution is 6.06. The smallest absolute Gasteiger partial charge is 0.205 e. The highest BCUT2D eigenvalue weighted by Crippen LogP contribution is 2.36. The normalized spacial score (nSPS) is 15.9. The lowest BCUT2D eigenvalue weighted by atomic mass is 9.94. The molecule has 26 heteroatoms. The zero-order valence-electron chi connectivity index (χ0n) is 92.1. The summed E-state index contributed by atoms with van der Waals surface area (Å²) >= 11 is 0. The molecule has 6 saturated carbocycles. The van der Waals surface area contributed by atoms with E-state index in [1.54, 1.807) is 7.11 Å². The van der Waals surface area contributed by atoms with Gasteiger partial charge in [0.05, 0.1) is 61.2 Å². The molecule has 794 valence electrons. The quantitative estimate of drug-likeness (QED) is 0.0153. The molecule has 0 atom stereocenters. The number of guanidine groups is 7. The van der Waals surface area contributed by atoms with Crippen LogP contribution in [-0.2, 0) is 4.74 Å². The summed E-state index contributed by atoms with van der Waals surface area (Å²) in [6.07, 6.45) is 40.7. The highest BCUT2D eigenvalue weighted by atomic mass is 16.5. The largest absolute Gasteiger partial charge is 0.497 e. The van der Waals surface area contributed by atoms with Gasteiger partial charge in [0.25, 0.3) is 0 Å². The van der Waals surface area contributed by atoms with Gasteiger partial charge in [0.2, 0.25) is 23.8 Å². The minimum atomic E-state index is 0.296. The Labute approximate surface area is 874 Å². The van der Waals surface area contributed by atoms with E-state index in [2.05, 4.69) is 160 Å². The van der Waals surface area contributed by atoms with E-state index in [0.717, 1.165) is 125 Å². The average Bonchev–Trinajstić information content (AvgIpc) is 0.789. The lowest BCUT2D eigenvalue weighted by molar-refractivity contribution is 0.0657. The molecule has 0 amide bonds. The van der Waals surface area contributed by atoms with Crippen molar-refractivity contribution in [1.29, 1.82) is 0 Å². The fourth-order valence-corrected chi connectivity index (χ4v) is 18.9. The third-order valence-electron chi connectivity index (χ3n) is 26.2. The van der Waals surface area contributed by atoms with E-state index in [9.17, 15) is 0 Å². The summed E-state index contributed by atoms with van der Waals surface area (Å²) in [5.74, 6) is 7.22. The zero-order valence-corrected chi connectivity index (χ0v) is 92.1. The van der Waals surface area contributed by atoms with Crippen LogP contribution in [0.15, 0.2) is 247 Å². The Morgan fingerprint density at radius 3 is 0.979 bits per heavy atom. The van der Waals surface area contributed by atoms with Gasteiger partial charge in [-0.25, -0.2) is 34.9 Å². The number of anilines is 4. The van der Waals surface area contributed by atoms with Gasteiger partial charge in [0.15, 0.2) is 17.9 Å². The van der Waals surface area contributed by atoms with Crippen LogP contribution in [0.4, 0.5) is 45.5 Å². The van der Waals surface area contributed by atoms with Crippen molar-refractivity contribution in [3.63, 3.8) is 0 Å². The Morgan fingerprint density at radius 1 is 0.338 bits per heavy atom. The van der Waals surface area contributed by atoms with Gasteiger partial charge in [-0.2, -0.15) is 0 Å². The van der Waals surface area contributed by atoms with Crippen molar-refractivity contribution < 1.29 is 9.47 Å². The van der Waals surface area contributed by atoms with Crippen LogP contribution in [0.25, 0.3) is 10.8 Å². The number of ether oxygens (including phenoxy) is 2. The van der Waals surface area contributed by atoms with Crippen molar-refractivity contribution in [3.8, 4) is 5.75 Å². The molecule has 145 heavy (non-hydrogen) atoms. The summed E-state index contributed by atoms with van der Waals surface area (Å²) in [7, 11) is 17.6. The Bertz CT molecular complexity index is 4770. The van der Waals surface area contributed by atoms with Crippen LogP contribution in [0.1, 0.15) is 262 Å². The van der Waals surface area contributed by atoms with Gasteiger partial charge in [-0.1, -0.05) is 245 Å². The second-order valence-electron chi connectivity index (χ2n) is 41.2. The number of rotatable bonds is 24. The van der Waals surface area contributed by atoms with Crippen LogP contribution in [-0.4, -0.2) is 241 Å². The molecular weight excluding hydrogens is 1800 g/mol. The van der Waals surface area contributed by atoms with E-state index in [1.807, 2.05) is 276 Å². The van der Waals surface area contributed by atoms with Gasteiger partial charge < -0.3 is 81.8 Å². The molecule has 7 fully saturated rings. The number of nitrogens with zero attached hydrogens (tertiary/aromatic N) is 13. The molecule has 0 spiro atoms. The molecule has 1 aliphatic heterocycles. The predicted molar refractivity (Wildman–Crippen MR) is 622 cm³/mol. The first kappa shape index (κ1) is 117. The number of aliphatic imine (C=N–C) groups is 7. The Kier molecular flexibility index (Phi) is 54.4. The van der Waals surface area contributed by atoms with Gasteiger partial charge in [-0.15, -0.1) is 0 Å². The monoisotopic (exact) mass is 1980 g/mol. The van der Waals surface area contributed by atoms with Crippen LogP contribution >= 0.6 is 0 Å². The number of para-hydroxylation sites is 5. The second-order valence-corrected chi connectivity index (χ2v) is 41.2. The predicted octanol–water partition coefficient (Wildman–Crippen LogP) is 24.6. The molecule has 1 saturated heterocycles. The van der Waals surface area contributed by atoms with E-state index in [0.29, 0.717) is 78.6 Å². The maximum atomic E-state index is 5.51. The summed E-state index contributed by atoms with van der Waals surface area (Å²) in [5, 5.41) is 40.7. The van der Waals surface area contributed by atoms with E-state index >= 15 is 0 Å². The molecule has 0 bridgehead atoms. The molecule has 1 heterocycles. The first-order valence-electron chi connectivity index (χ1n) is 55.0. The number of fused-ring (bicyclic) bond motifs is 1. The number of methoxy groups -OCH3 is 1. The zero-order chi connectivity index (χ0) is 104. The minimum absolute atomic E-state index is 0.296. The van der Waals surface area contributed by atoms with E-state index in [4.69, 9.17) is 34.4 Å². The molecular formula is C119H186N24O2. The number of hydrogen-bond donors (Lipinski definition) is 11. The van der Waals surface area contributed by atoms with Crippen molar-refractivity contribution in [2.24, 2.45) is 34.9 Å². The Morgan fingerprint density at radius 2 is 0.655 bits per heavy atom. The maximum absolute atomic E-state index is 5.51. The standard InChI is InChI=1S/C20H30N6.C20H19N3O.C19H35N3.C19H17N3.C17H31N3O.C13H27N3.C11H27N3/c1-23(2)19(24(3)4)21-16-13-9-11-15-12-10-14-17(18(15)16)22-20(25(5)6)26(7)8;1-24-19-14-12-18(13-15-19)23-20(21-16-8-4-2-5-9-16)22-17-10-6-3-7-11-17;2*1-4-10-16(11-5-1)20-19(21-17-12-6-2-7-13-17)22-18-14-8-3-9-15-18;1-3-7-15(8-4-1)18-17(20-11-13-21-14-12-20)19-16-9-5-2-6-10-16;1-10(2)14-13(15-11(3)4)16-12-8-6-5-7-9-12;1-7-14(8-2)11(12-9(3)4)13-10(5)6/h9-14H,1-8H3;2-15H,1H3,(H2,21,22,23);16-18H,1-15H2,(H2,20,21,22);1-15H,(H2,20,21,22);15-16H,1-14H2,(H,18,19);10-12H,5-9H2,1-4H3,(H2,14,15,16);9-13H,7-8H2,1-6H3. The third-order valence-corrected chi connectivity index (χ3v) is 26.2. The van der Waals surface area contributed by atoms with Gasteiger partial charge in [0.1, 0.15) is 12.0 Å². The molecule has 8 aromatic carbocycles. The van der Waals surface area contributed by atoms with Crippen molar-refractivity contribution >= 4 is 98.0 Å². The van der Waals surface area contributed by atoms with E-state index < -0.39 is 0 Å². The van der Waals surface area contributed by atoms with E-state index in [-0.39, 0.29) is 0 Å². The molecule has 0 aromatic heterocycles. The first-order valence-corrected chi connectivity index (χ1v) is 55.0. The van der Waals surface area contributed by atoms with Gasteiger partial charge in [-0.05, 0) is 248 Å². The number of nitrogens with one attached hydrogen (secondary N) is 11. The van der Waals surface area contributed by atoms with Gasteiger partial charge >= 0.3 is 0 Å². The number of morpholine rings is 1. The summed E-state index contributed by atoms with van der Waals surface area (Å²) in [4.78, 5) is 47.0. The topological polar surface area (TPSA) is 257 Å². The van der Waals surface area contributed by atoms with Crippen molar-refractivity contribution in [2.45, 2.75) is 329 Å². The fraction of sp³-hybridized carbons (Fsp3) is 0.555. The molecule has 0 unspecified atom stereocenters. The molecule has 6 aliphatic carbocycles. The molecule has 0 radical (unpaired) electrons. The molecule has 11 N–H and O–H groups in total. The number of benzene rings is 8. The summed E-state index contributed by atoms with van der Waals surface area (Å²) in [6, 6.07) is 75.2. The summed E-state index contributed by atoms with van der Waals surface area (Å²) in [5.41, 5.74) is 7.46. The lowest BCUT2D eigenvalue weighted by Gasteiger charge is -2.34. The van der Waals surface area contributed by atoms with Crippen LogP contribution < -0.4 is 63.2 Å². The number of hydrogen-bond acceptors (Lipinski definition) is 12. The van der Waals surface area contributed by atoms with Crippen LogP contribution in [0.2, 0.25) is 0 Å². The van der Waals surface area contributed by atoms with Gasteiger partial charge in [0, 0.05) is 140 Å². The maximum Gasteiger partial charge on any atom is 0.205 e. The van der Waals surface area contributed by atoms with Crippen molar-refractivity contribution in [3.05, 3.63) is 212 Å². The minimum Gasteiger partial charge on any atom is -0.497 e. The third kappa shape index (κ3) is 46.4. The van der Waals surface area contributed by atoms with Crippen molar-refractivity contribution in [1.82, 2.24) is 66.6 Å². The van der Waals surface area contributed by atoms with E-state index in [1.165, 1.54) is 199 Å². The summed E-state index contributed by atoms with van der Waals surface area (Å²) < 4.78 is 10.7. The molecule has 15 rings (SSSR count). The highest BCUT2D eigenvalue weighted by Gasteiger charge is 2.26.